The SMILES string of the molecule is CN(C(=O)NCCC(=O)O)C(C)(C)CO. The number of carbonyl (C=O) groups is 2. The molecule has 6 nitrogen and oxygen atoms in total. The molecule has 0 aliphatic heterocycles. The van der Waals surface area contributed by atoms with Crippen LogP contribution in [-0.2, 0) is 4.79 Å². The third kappa shape index (κ3) is 4.64. The van der Waals surface area contributed by atoms with Crippen LogP contribution in [0.25, 0.3) is 0 Å². The lowest BCUT2D eigenvalue weighted by Gasteiger charge is -2.33. The van der Waals surface area contributed by atoms with Crippen LogP contribution in [0.2, 0.25) is 0 Å². The van der Waals surface area contributed by atoms with E-state index in [1.54, 1.807) is 20.9 Å². The second-order valence-electron chi connectivity index (χ2n) is 3.91. The van der Waals surface area contributed by atoms with Gasteiger partial charge in [-0.05, 0) is 13.8 Å². The van der Waals surface area contributed by atoms with Gasteiger partial charge < -0.3 is 20.4 Å². The number of amides is 2. The third-order valence-electron chi connectivity index (χ3n) is 2.21. The Morgan fingerprint density at radius 1 is 1.40 bits per heavy atom. The van der Waals surface area contributed by atoms with Crippen LogP contribution in [0.5, 0.6) is 0 Å². The van der Waals surface area contributed by atoms with Crippen molar-refractivity contribution in [3.8, 4) is 0 Å². The highest BCUT2D eigenvalue weighted by Crippen LogP contribution is 2.10. The van der Waals surface area contributed by atoms with Crippen molar-refractivity contribution >= 4 is 12.0 Å². The number of aliphatic hydroxyl groups is 1. The Morgan fingerprint density at radius 2 is 1.93 bits per heavy atom. The third-order valence-corrected chi connectivity index (χ3v) is 2.21. The fourth-order valence-corrected chi connectivity index (χ4v) is 0.776. The predicted molar refractivity (Wildman–Crippen MR) is 54.6 cm³/mol. The Morgan fingerprint density at radius 3 is 2.33 bits per heavy atom. The van der Waals surface area contributed by atoms with Crippen molar-refractivity contribution in [1.29, 1.82) is 0 Å². The zero-order valence-electron chi connectivity index (χ0n) is 9.28. The highest BCUT2D eigenvalue weighted by molar-refractivity contribution is 5.75. The number of carboxylic acids is 1. The monoisotopic (exact) mass is 218 g/mol. The van der Waals surface area contributed by atoms with Crippen molar-refractivity contribution < 1.29 is 19.8 Å². The number of rotatable bonds is 5. The van der Waals surface area contributed by atoms with Crippen molar-refractivity contribution in [2.45, 2.75) is 25.8 Å². The fourth-order valence-electron chi connectivity index (χ4n) is 0.776. The molecule has 88 valence electrons. The summed E-state index contributed by atoms with van der Waals surface area (Å²) in [7, 11) is 1.55. The van der Waals surface area contributed by atoms with Crippen LogP contribution in [0.4, 0.5) is 4.79 Å². The van der Waals surface area contributed by atoms with Gasteiger partial charge >= 0.3 is 12.0 Å². The van der Waals surface area contributed by atoms with E-state index in [9.17, 15) is 9.59 Å². The normalized spacial score (nSPS) is 10.9. The largest absolute Gasteiger partial charge is 0.481 e. The molecular weight excluding hydrogens is 200 g/mol. The first-order valence-corrected chi connectivity index (χ1v) is 4.65. The highest BCUT2D eigenvalue weighted by Gasteiger charge is 2.26. The number of aliphatic carboxylic acids is 1. The molecule has 2 amide bonds. The van der Waals surface area contributed by atoms with Crippen LogP contribution in [0.3, 0.4) is 0 Å². The van der Waals surface area contributed by atoms with E-state index in [4.69, 9.17) is 10.2 Å². The van der Waals surface area contributed by atoms with E-state index in [0.29, 0.717) is 0 Å². The van der Waals surface area contributed by atoms with Gasteiger partial charge in [0.05, 0.1) is 18.6 Å². The zero-order valence-corrected chi connectivity index (χ0v) is 9.28. The number of hydrogen-bond acceptors (Lipinski definition) is 3. The number of hydrogen-bond donors (Lipinski definition) is 3. The summed E-state index contributed by atoms with van der Waals surface area (Å²) in [6, 6.07) is -0.393. The Hall–Kier alpha value is -1.30. The maximum absolute atomic E-state index is 11.4. The van der Waals surface area contributed by atoms with Crippen molar-refractivity contribution in [2.75, 3.05) is 20.2 Å². The maximum Gasteiger partial charge on any atom is 0.317 e. The van der Waals surface area contributed by atoms with Gasteiger partial charge in [0.25, 0.3) is 0 Å². The van der Waals surface area contributed by atoms with Gasteiger partial charge in [0, 0.05) is 13.6 Å². The predicted octanol–water partition coefficient (Wildman–Crippen LogP) is -0.127. The minimum Gasteiger partial charge on any atom is -0.481 e. The summed E-state index contributed by atoms with van der Waals surface area (Å²) in [5, 5.41) is 19.8. The number of nitrogens with zero attached hydrogens (tertiary/aromatic N) is 1. The van der Waals surface area contributed by atoms with Gasteiger partial charge in [-0.2, -0.15) is 0 Å². The molecule has 0 atom stereocenters. The van der Waals surface area contributed by atoms with Gasteiger partial charge in [0.15, 0.2) is 0 Å². The molecule has 0 aromatic heterocycles. The maximum atomic E-state index is 11.4. The van der Waals surface area contributed by atoms with Gasteiger partial charge in [0.2, 0.25) is 0 Å². The van der Waals surface area contributed by atoms with Gasteiger partial charge in [-0.1, -0.05) is 0 Å². The number of likely N-dealkylation sites (N-methyl/N-ethyl adjacent to an activating group) is 1. The van der Waals surface area contributed by atoms with E-state index in [1.807, 2.05) is 0 Å². The average Bonchev–Trinajstić information content (AvgIpc) is 2.15. The van der Waals surface area contributed by atoms with Gasteiger partial charge in [-0.15, -0.1) is 0 Å². The first-order chi connectivity index (χ1) is 6.81. The van der Waals surface area contributed by atoms with Crippen LogP contribution in [0.15, 0.2) is 0 Å². The summed E-state index contributed by atoms with van der Waals surface area (Å²) in [5.41, 5.74) is -0.659. The quantitative estimate of drug-likeness (QED) is 0.599. The molecule has 0 aromatic carbocycles. The highest BCUT2D eigenvalue weighted by atomic mass is 16.4. The topological polar surface area (TPSA) is 89.9 Å². The van der Waals surface area contributed by atoms with Crippen molar-refractivity contribution in [2.24, 2.45) is 0 Å². The Kier molecular flexibility index (Phi) is 5.07. The van der Waals surface area contributed by atoms with E-state index in [2.05, 4.69) is 5.32 Å². The zero-order chi connectivity index (χ0) is 12.1. The van der Waals surface area contributed by atoms with Crippen molar-refractivity contribution in [3.63, 3.8) is 0 Å². The molecule has 3 N–H and O–H groups in total. The Bertz CT molecular complexity index is 240. The lowest BCUT2D eigenvalue weighted by Crippen LogP contribution is -2.51. The van der Waals surface area contributed by atoms with Gasteiger partial charge in [-0.25, -0.2) is 4.79 Å². The molecule has 15 heavy (non-hydrogen) atoms. The van der Waals surface area contributed by atoms with Crippen LogP contribution in [0, 0.1) is 0 Å². The molecule has 0 saturated carbocycles. The standard InChI is InChI=1S/C9H18N2O4/c1-9(2,6-12)11(3)8(15)10-5-4-7(13)14/h12H,4-6H2,1-3H3,(H,10,15)(H,13,14). The molecule has 0 aliphatic rings. The van der Waals surface area contributed by atoms with Gasteiger partial charge in [-0.3, -0.25) is 4.79 Å². The van der Waals surface area contributed by atoms with Crippen LogP contribution in [0.1, 0.15) is 20.3 Å². The Balaban J connectivity index is 4.05. The number of carbonyl (C=O) groups excluding carboxylic acids is 1. The summed E-state index contributed by atoms with van der Waals surface area (Å²) < 4.78 is 0. The molecule has 0 spiro atoms. The average molecular weight is 218 g/mol. The smallest absolute Gasteiger partial charge is 0.317 e. The fraction of sp³-hybridized carbons (Fsp3) is 0.778. The van der Waals surface area contributed by atoms with E-state index in [-0.39, 0.29) is 19.6 Å². The Labute approximate surface area is 88.9 Å². The van der Waals surface area contributed by atoms with Crippen LogP contribution >= 0.6 is 0 Å². The summed E-state index contributed by atoms with van der Waals surface area (Å²) >= 11 is 0. The van der Waals surface area contributed by atoms with E-state index >= 15 is 0 Å². The number of nitrogens with one attached hydrogen (secondary N) is 1. The van der Waals surface area contributed by atoms with E-state index < -0.39 is 17.5 Å². The second-order valence-corrected chi connectivity index (χ2v) is 3.91. The molecular formula is C9H18N2O4. The molecule has 0 heterocycles. The molecule has 0 aliphatic carbocycles. The minimum absolute atomic E-state index is 0.0833. The van der Waals surface area contributed by atoms with Crippen molar-refractivity contribution in [1.82, 2.24) is 10.2 Å². The summed E-state index contributed by atoms with van der Waals surface area (Å²) in [6.45, 7) is 3.35. The molecule has 0 bridgehead atoms. The van der Waals surface area contributed by atoms with Crippen LogP contribution in [-0.4, -0.2) is 52.9 Å². The summed E-state index contributed by atoms with van der Waals surface area (Å²) in [4.78, 5) is 23.0. The number of carboxylic acid groups (broad SMARTS) is 1. The molecule has 0 rings (SSSR count). The number of aliphatic hydroxyl groups excluding tert-OH is 1. The first kappa shape index (κ1) is 13.7. The molecule has 0 unspecified atom stereocenters. The van der Waals surface area contributed by atoms with E-state index in [1.165, 1.54) is 4.90 Å². The molecule has 0 aromatic rings. The summed E-state index contributed by atoms with van der Waals surface area (Å²) in [6.07, 6.45) is -0.112. The van der Waals surface area contributed by atoms with E-state index in [0.717, 1.165) is 0 Å². The minimum atomic E-state index is -0.959. The lowest BCUT2D eigenvalue weighted by molar-refractivity contribution is -0.136. The first-order valence-electron chi connectivity index (χ1n) is 4.65. The molecule has 6 heteroatoms. The molecule has 0 saturated heterocycles. The molecule has 0 radical (unpaired) electrons. The lowest BCUT2D eigenvalue weighted by atomic mass is 10.1. The number of urea groups is 1. The van der Waals surface area contributed by atoms with Crippen molar-refractivity contribution in [3.05, 3.63) is 0 Å². The second kappa shape index (κ2) is 5.55. The van der Waals surface area contributed by atoms with Gasteiger partial charge in [0.1, 0.15) is 0 Å². The summed E-state index contributed by atoms with van der Waals surface area (Å²) in [5.74, 6) is -0.959. The molecule has 0 fully saturated rings. The van der Waals surface area contributed by atoms with Crippen LogP contribution < -0.4 is 5.32 Å².